The van der Waals surface area contributed by atoms with Gasteiger partial charge < -0.3 is 5.32 Å². The van der Waals surface area contributed by atoms with Gasteiger partial charge in [-0.1, -0.05) is 35.9 Å². The van der Waals surface area contributed by atoms with Crippen molar-refractivity contribution in [1.29, 1.82) is 0 Å². The molecule has 0 bridgehead atoms. The summed E-state index contributed by atoms with van der Waals surface area (Å²) in [5.41, 5.74) is 2.69. The molecule has 1 aliphatic heterocycles. The van der Waals surface area contributed by atoms with Gasteiger partial charge in [-0.25, -0.2) is 4.39 Å². The summed E-state index contributed by atoms with van der Waals surface area (Å²) in [5.74, 6) is 0.400. The third kappa shape index (κ3) is 5.55. The summed E-state index contributed by atoms with van der Waals surface area (Å²) in [7, 11) is 0. The molecule has 1 atom stereocenters. The van der Waals surface area contributed by atoms with Gasteiger partial charge in [0, 0.05) is 11.4 Å². The lowest BCUT2D eigenvalue weighted by Crippen LogP contribution is -2.30. The number of likely N-dealkylation sites (tertiary alicyclic amines) is 1. The lowest BCUT2D eigenvalue weighted by molar-refractivity contribution is -0.115. The molecule has 1 saturated heterocycles. The van der Waals surface area contributed by atoms with Crippen LogP contribution in [-0.4, -0.2) is 43.9 Å². The highest BCUT2D eigenvalue weighted by Gasteiger charge is 2.23. The zero-order valence-electron chi connectivity index (χ0n) is 18.4. The molecule has 6 nitrogen and oxygen atoms in total. The van der Waals surface area contributed by atoms with Crippen molar-refractivity contribution in [3.8, 4) is 5.69 Å². The largest absolute Gasteiger partial charge is 0.325 e. The number of aryl methyl sites for hydroxylation is 1. The van der Waals surface area contributed by atoms with Crippen LogP contribution in [0, 0.1) is 12.7 Å². The summed E-state index contributed by atoms with van der Waals surface area (Å²) in [6.07, 6.45) is 3.63. The standard InChI is InChI=1S/C24H28FN5OS/c1-17-6-10-20(11-7-17)26-23(31)18(2)32-24-28-27-22(16-29-14-4-3-5-15-29)30(24)21-12-8-19(25)9-13-21/h6-13,18H,3-5,14-16H2,1-2H3,(H,26,31)/t18-/m1/s1. The number of amides is 1. The van der Waals surface area contributed by atoms with Crippen molar-refractivity contribution in [2.45, 2.75) is 50.1 Å². The zero-order valence-corrected chi connectivity index (χ0v) is 19.2. The van der Waals surface area contributed by atoms with Gasteiger partial charge >= 0.3 is 0 Å². The topological polar surface area (TPSA) is 63.1 Å². The first-order valence-corrected chi connectivity index (χ1v) is 11.8. The van der Waals surface area contributed by atoms with E-state index in [4.69, 9.17) is 0 Å². The van der Waals surface area contributed by atoms with Crippen molar-refractivity contribution in [2.75, 3.05) is 18.4 Å². The number of halogens is 1. The number of carbonyl (C=O) groups excluding carboxylic acids is 1. The molecule has 8 heteroatoms. The fraction of sp³-hybridized carbons (Fsp3) is 0.375. The minimum atomic E-state index is -0.387. The Balaban J connectivity index is 1.54. The summed E-state index contributed by atoms with van der Waals surface area (Å²) in [6, 6.07) is 14.0. The molecule has 0 aliphatic carbocycles. The lowest BCUT2D eigenvalue weighted by atomic mass is 10.1. The van der Waals surface area contributed by atoms with E-state index in [1.807, 2.05) is 42.7 Å². The van der Waals surface area contributed by atoms with Gasteiger partial charge in [0.05, 0.1) is 11.8 Å². The normalized spacial score (nSPS) is 15.5. The summed E-state index contributed by atoms with van der Waals surface area (Å²) < 4.78 is 15.5. The summed E-state index contributed by atoms with van der Waals surface area (Å²) in [6.45, 7) is 6.60. The molecule has 0 spiro atoms. The van der Waals surface area contributed by atoms with Gasteiger partial charge in [-0.2, -0.15) is 0 Å². The first-order chi connectivity index (χ1) is 15.5. The van der Waals surface area contributed by atoms with E-state index in [9.17, 15) is 9.18 Å². The van der Waals surface area contributed by atoms with Gasteiger partial charge in [0.25, 0.3) is 0 Å². The molecule has 4 rings (SSSR count). The second-order valence-corrected chi connectivity index (χ2v) is 9.47. The number of nitrogens with zero attached hydrogens (tertiary/aromatic N) is 4. The molecule has 1 aliphatic rings. The van der Waals surface area contributed by atoms with Crippen molar-refractivity contribution in [3.63, 3.8) is 0 Å². The molecule has 1 amide bonds. The Morgan fingerprint density at radius 1 is 1.06 bits per heavy atom. The van der Waals surface area contributed by atoms with Gasteiger partial charge in [0.2, 0.25) is 5.91 Å². The molecule has 1 N–H and O–H groups in total. The molecular weight excluding hydrogens is 425 g/mol. The van der Waals surface area contributed by atoms with Crippen LogP contribution in [0.15, 0.2) is 53.7 Å². The molecule has 0 radical (unpaired) electrons. The van der Waals surface area contributed by atoms with E-state index >= 15 is 0 Å². The molecule has 168 valence electrons. The average Bonchev–Trinajstić information content (AvgIpc) is 3.18. The molecule has 3 aromatic rings. The number of benzene rings is 2. The Hall–Kier alpha value is -2.71. The SMILES string of the molecule is Cc1ccc(NC(=O)[C@@H](C)Sc2nnc(CN3CCCCC3)n2-c2ccc(F)cc2)cc1. The molecule has 2 aromatic carbocycles. The maximum absolute atomic E-state index is 13.5. The minimum absolute atomic E-state index is 0.106. The zero-order chi connectivity index (χ0) is 22.5. The predicted octanol–water partition coefficient (Wildman–Crippen LogP) is 4.82. The summed E-state index contributed by atoms with van der Waals surface area (Å²) in [5, 5.41) is 12.0. The number of anilines is 1. The average molecular weight is 454 g/mol. The van der Waals surface area contributed by atoms with E-state index in [0.29, 0.717) is 11.7 Å². The maximum atomic E-state index is 13.5. The van der Waals surface area contributed by atoms with E-state index in [1.54, 1.807) is 12.1 Å². The molecule has 1 fully saturated rings. The summed E-state index contributed by atoms with van der Waals surface area (Å²) in [4.78, 5) is 15.1. The third-order valence-electron chi connectivity index (χ3n) is 5.57. The second-order valence-electron chi connectivity index (χ2n) is 8.16. The first-order valence-electron chi connectivity index (χ1n) is 11.0. The Bertz CT molecular complexity index is 1050. The highest BCUT2D eigenvalue weighted by Crippen LogP contribution is 2.27. The predicted molar refractivity (Wildman–Crippen MR) is 126 cm³/mol. The number of hydrogen-bond acceptors (Lipinski definition) is 5. The smallest absolute Gasteiger partial charge is 0.237 e. The Morgan fingerprint density at radius 2 is 1.75 bits per heavy atom. The van der Waals surface area contributed by atoms with Crippen molar-refractivity contribution in [2.24, 2.45) is 0 Å². The number of rotatable bonds is 7. The highest BCUT2D eigenvalue weighted by atomic mass is 32.2. The van der Waals surface area contributed by atoms with E-state index in [-0.39, 0.29) is 17.0 Å². The van der Waals surface area contributed by atoms with Crippen LogP contribution in [0.25, 0.3) is 5.69 Å². The van der Waals surface area contributed by atoms with E-state index in [1.165, 1.54) is 43.2 Å². The van der Waals surface area contributed by atoms with E-state index < -0.39 is 0 Å². The van der Waals surface area contributed by atoms with Gasteiger partial charge in [-0.05, 0) is 76.2 Å². The van der Waals surface area contributed by atoms with Crippen LogP contribution < -0.4 is 5.32 Å². The number of nitrogens with one attached hydrogen (secondary N) is 1. The quantitative estimate of drug-likeness (QED) is 0.520. The number of piperidine rings is 1. The molecule has 0 saturated carbocycles. The maximum Gasteiger partial charge on any atom is 0.237 e. The Labute approximate surface area is 192 Å². The third-order valence-corrected chi connectivity index (χ3v) is 6.61. The van der Waals surface area contributed by atoms with Crippen molar-refractivity contribution in [1.82, 2.24) is 19.7 Å². The number of thioether (sulfide) groups is 1. The number of aromatic nitrogens is 3. The van der Waals surface area contributed by atoms with Gasteiger partial charge in [0.15, 0.2) is 11.0 Å². The number of carbonyl (C=O) groups is 1. The van der Waals surface area contributed by atoms with E-state index in [2.05, 4.69) is 20.4 Å². The van der Waals surface area contributed by atoms with Crippen LogP contribution >= 0.6 is 11.8 Å². The van der Waals surface area contributed by atoms with Gasteiger partial charge in [-0.3, -0.25) is 14.3 Å². The van der Waals surface area contributed by atoms with Crippen LogP contribution in [0.2, 0.25) is 0 Å². The molecule has 32 heavy (non-hydrogen) atoms. The second kappa shape index (κ2) is 10.3. The van der Waals surface area contributed by atoms with Crippen LogP contribution in [0.3, 0.4) is 0 Å². The first kappa shape index (κ1) is 22.5. The Kier molecular flexibility index (Phi) is 7.22. The summed E-state index contributed by atoms with van der Waals surface area (Å²) >= 11 is 1.35. The van der Waals surface area contributed by atoms with Crippen LogP contribution in [0.5, 0.6) is 0 Å². The van der Waals surface area contributed by atoms with Crippen molar-refractivity contribution >= 4 is 23.4 Å². The monoisotopic (exact) mass is 453 g/mol. The van der Waals surface area contributed by atoms with Crippen molar-refractivity contribution in [3.05, 3.63) is 65.7 Å². The van der Waals surface area contributed by atoms with Crippen molar-refractivity contribution < 1.29 is 9.18 Å². The molecular formula is C24H28FN5OS. The van der Waals surface area contributed by atoms with Crippen LogP contribution in [0.4, 0.5) is 10.1 Å². The lowest BCUT2D eigenvalue weighted by Gasteiger charge is -2.26. The van der Waals surface area contributed by atoms with Gasteiger partial charge in [-0.15, -0.1) is 10.2 Å². The van der Waals surface area contributed by atoms with Crippen LogP contribution in [0.1, 0.15) is 37.6 Å². The fourth-order valence-electron chi connectivity index (χ4n) is 3.74. The fourth-order valence-corrected chi connectivity index (χ4v) is 4.62. The minimum Gasteiger partial charge on any atom is -0.325 e. The van der Waals surface area contributed by atoms with Crippen LogP contribution in [-0.2, 0) is 11.3 Å². The Morgan fingerprint density at radius 3 is 2.44 bits per heavy atom. The number of hydrogen-bond donors (Lipinski definition) is 1. The highest BCUT2D eigenvalue weighted by molar-refractivity contribution is 8.00. The van der Waals surface area contributed by atoms with E-state index in [0.717, 1.165) is 35.9 Å². The van der Waals surface area contributed by atoms with Gasteiger partial charge in [0.1, 0.15) is 5.82 Å². The molecule has 1 aromatic heterocycles. The molecule has 0 unspecified atom stereocenters. The molecule has 2 heterocycles.